The fourth-order valence-electron chi connectivity index (χ4n) is 2.08. The van der Waals surface area contributed by atoms with Crippen molar-refractivity contribution >= 4 is 11.9 Å². The molecule has 0 saturated heterocycles. The van der Waals surface area contributed by atoms with Gasteiger partial charge in [0, 0.05) is 0 Å². The van der Waals surface area contributed by atoms with E-state index in [1.807, 2.05) is 20.8 Å². The van der Waals surface area contributed by atoms with Crippen molar-refractivity contribution in [2.24, 2.45) is 11.8 Å². The molecule has 0 rings (SSSR count). The summed E-state index contributed by atoms with van der Waals surface area (Å²) in [5.41, 5.74) is 0. The Hall–Kier alpha value is -1.10. The predicted octanol–water partition coefficient (Wildman–Crippen LogP) is 2.35. The van der Waals surface area contributed by atoms with E-state index in [-0.39, 0.29) is 23.9 Å². The van der Waals surface area contributed by atoms with Crippen molar-refractivity contribution in [2.45, 2.75) is 53.0 Å². The lowest BCUT2D eigenvalue weighted by Gasteiger charge is -2.20. The minimum Gasteiger partial charge on any atom is -0.466 e. The van der Waals surface area contributed by atoms with Crippen molar-refractivity contribution < 1.29 is 19.1 Å². The van der Waals surface area contributed by atoms with Gasteiger partial charge in [-0.25, -0.2) is 0 Å². The van der Waals surface area contributed by atoms with Crippen LogP contribution in [-0.4, -0.2) is 38.2 Å². The van der Waals surface area contributed by atoms with Crippen LogP contribution in [0.15, 0.2) is 0 Å². The molecule has 0 aliphatic carbocycles. The molecule has 0 radical (unpaired) electrons. The molecule has 0 fully saturated rings. The molecule has 124 valence electrons. The second-order valence-corrected chi connectivity index (χ2v) is 5.40. The number of rotatable bonds is 11. The van der Waals surface area contributed by atoms with Crippen LogP contribution in [-0.2, 0) is 19.1 Å². The van der Waals surface area contributed by atoms with E-state index in [1.165, 1.54) is 0 Å². The highest BCUT2D eigenvalue weighted by Gasteiger charge is 2.21. The number of likely N-dealkylation sites (N-methyl/N-ethyl adjacent to an activating group) is 1. The van der Waals surface area contributed by atoms with Gasteiger partial charge in [-0.15, -0.1) is 0 Å². The monoisotopic (exact) mass is 300 g/mol. The Labute approximate surface area is 128 Å². The van der Waals surface area contributed by atoms with Crippen molar-refractivity contribution in [2.75, 3.05) is 20.3 Å². The first-order valence-electron chi connectivity index (χ1n) is 7.77. The predicted molar refractivity (Wildman–Crippen MR) is 82.6 cm³/mol. The SMILES string of the molecule is C[CH-]C(NC)C(=O)OCCCCOC(=O)C(CC)C(C)C. The summed E-state index contributed by atoms with van der Waals surface area (Å²) in [7, 11) is 1.71. The average molecular weight is 300 g/mol. The molecule has 0 heterocycles. The van der Waals surface area contributed by atoms with Crippen molar-refractivity contribution in [3.8, 4) is 0 Å². The zero-order chi connectivity index (χ0) is 16.3. The van der Waals surface area contributed by atoms with Crippen LogP contribution in [0, 0.1) is 18.3 Å². The average Bonchev–Trinajstić information content (AvgIpc) is 2.44. The van der Waals surface area contributed by atoms with E-state index >= 15 is 0 Å². The Bertz CT molecular complexity index is 301. The lowest BCUT2D eigenvalue weighted by atomic mass is 9.93. The molecule has 5 nitrogen and oxygen atoms in total. The van der Waals surface area contributed by atoms with Gasteiger partial charge >= 0.3 is 5.97 Å². The fourth-order valence-corrected chi connectivity index (χ4v) is 2.08. The first kappa shape index (κ1) is 19.9. The van der Waals surface area contributed by atoms with Gasteiger partial charge in [-0.1, -0.05) is 20.8 Å². The van der Waals surface area contributed by atoms with Gasteiger partial charge in [0.15, 0.2) is 0 Å². The van der Waals surface area contributed by atoms with E-state index in [0.29, 0.717) is 32.0 Å². The molecule has 0 bridgehead atoms. The third-order valence-corrected chi connectivity index (χ3v) is 3.47. The summed E-state index contributed by atoms with van der Waals surface area (Å²) >= 11 is 0. The Kier molecular flexibility index (Phi) is 10.9. The fraction of sp³-hybridized carbons (Fsp3) is 0.812. The number of esters is 2. The molecule has 1 N–H and O–H groups in total. The minimum absolute atomic E-state index is 0.0284. The van der Waals surface area contributed by atoms with Gasteiger partial charge in [-0.2, -0.15) is 6.92 Å². The molecule has 0 amide bonds. The van der Waals surface area contributed by atoms with Crippen molar-refractivity contribution in [3.63, 3.8) is 0 Å². The zero-order valence-electron chi connectivity index (χ0n) is 14.0. The molecule has 0 aliphatic heterocycles. The van der Waals surface area contributed by atoms with Gasteiger partial charge in [0.25, 0.3) is 5.97 Å². The smallest absolute Gasteiger partial charge is 0.309 e. The largest absolute Gasteiger partial charge is 0.466 e. The van der Waals surface area contributed by atoms with Crippen LogP contribution in [0.25, 0.3) is 0 Å². The standard InChI is InChI=1S/C16H30NO4/c1-6-13(12(3)4)15(18)20-10-8-9-11-21-16(19)14(7-2)17-5/h7,12-14,17H,6,8-11H2,1-5H3/q-1. The molecule has 2 atom stereocenters. The summed E-state index contributed by atoms with van der Waals surface area (Å²) in [5.74, 6) is -0.130. The maximum absolute atomic E-state index is 11.8. The van der Waals surface area contributed by atoms with Crippen LogP contribution in [0.4, 0.5) is 0 Å². The molecule has 0 aliphatic rings. The van der Waals surface area contributed by atoms with Gasteiger partial charge in [0.2, 0.25) is 0 Å². The highest BCUT2D eigenvalue weighted by Crippen LogP contribution is 2.16. The molecule has 5 heteroatoms. The first-order chi connectivity index (χ1) is 9.97. The lowest BCUT2D eigenvalue weighted by Crippen LogP contribution is -2.35. The Morgan fingerprint density at radius 1 is 1.10 bits per heavy atom. The molecule has 0 spiro atoms. The number of hydrogen-bond donors (Lipinski definition) is 1. The summed E-state index contributed by atoms with van der Waals surface area (Å²) in [6, 6.07) is -0.362. The topological polar surface area (TPSA) is 64.6 Å². The zero-order valence-corrected chi connectivity index (χ0v) is 14.0. The molecule has 0 aromatic carbocycles. The van der Waals surface area contributed by atoms with Crippen LogP contribution in [0.5, 0.6) is 0 Å². The Balaban J connectivity index is 3.73. The molecule has 0 saturated carbocycles. The van der Waals surface area contributed by atoms with Crippen LogP contribution >= 0.6 is 0 Å². The molecular formula is C16H30NO4-. The van der Waals surface area contributed by atoms with Crippen LogP contribution < -0.4 is 5.32 Å². The number of nitrogens with one attached hydrogen (secondary N) is 1. The summed E-state index contributed by atoms with van der Waals surface area (Å²) in [6.07, 6.45) is 3.94. The van der Waals surface area contributed by atoms with E-state index in [9.17, 15) is 9.59 Å². The third-order valence-electron chi connectivity index (χ3n) is 3.47. The second-order valence-electron chi connectivity index (χ2n) is 5.40. The summed E-state index contributed by atoms with van der Waals surface area (Å²) in [4.78, 5) is 23.4. The number of hydrogen-bond acceptors (Lipinski definition) is 5. The molecule has 0 aromatic heterocycles. The Morgan fingerprint density at radius 3 is 2.00 bits per heavy atom. The highest BCUT2D eigenvalue weighted by molar-refractivity contribution is 5.77. The van der Waals surface area contributed by atoms with E-state index in [1.54, 1.807) is 20.4 Å². The third kappa shape index (κ3) is 8.05. The quantitative estimate of drug-likeness (QED) is 0.360. The normalized spacial score (nSPS) is 13.8. The molecule has 2 unspecified atom stereocenters. The second kappa shape index (κ2) is 11.5. The van der Waals surface area contributed by atoms with E-state index in [2.05, 4.69) is 5.32 Å². The minimum atomic E-state index is -0.362. The number of unbranched alkanes of at least 4 members (excludes halogenated alkanes) is 1. The van der Waals surface area contributed by atoms with Crippen LogP contribution in [0.3, 0.4) is 0 Å². The van der Waals surface area contributed by atoms with Gasteiger partial charge in [-0.3, -0.25) is 9.59 Å². The highest BCUT2D eigenvalue weighted by atomic mass is 16.5. The van der Waals surface area contributed by atoms with Gasteiger partial charge in [0.1, 0.15) is 0 Å². The number of ether oxygens (including phenoxy) is 2. The number of carbonyl (C=O) groups is 2. The van der Waals surface area contributed by atoms with Crippen LogP contribution in [0.2, 0.25) is 0 Å². The summed E-state index contributed by atoms with van der Waals surface area (Å²) < 4.78 is 10.4. The van der Waals surface area contributed by atoms with Crippen molar-refractivity contribution in [3.05, 3.63) is 6.42 Å². The molecule has 0 aromatic rings. The van der Waals surface area contributed by atoms with Crippen molar-refractivity contribution in [1.29, 1.82) is 0 Å². The molecular weight excluding hydrogens is 270 g/mol. The van der Waals surface area contributed by atoms with E-state index in [4.69, 9.17) is 9.47 Å². The summed E-state index contributed by atoms with van der Waals surface area (Å²) in [5, 5.41) is 2.85. The van der Waals surface area contributed by atoms with Gasteiger partial charge in [-0.05, 0) is 38.3 Å². The molecule has 21 heavy (non-hydrogen) atoms. The maximum atomic E-state index is 11.8. The number of carbonyl (C=O) groups excluding carboxylic acids is 2. The maximum Gasteiger partial charge on any atom is 0.309 e. The van der Waals surface area contributed by atoms with E-state index < -0.39 is 0 Å². The van der Waals surface area contributed by atoms with Gasteiger partial charge in [0.05, 0.1) is 19.1 Å². The lowest BCUT2D eigenvalue weighted by molar-refractivity contribution is -0.151. The first-order valence-corrected chi connectivity index (χ1v) is 7.77. The van der Waals surface area contributed by atoms with E-state index in [0.717, 1.165) is 6.42 Å². The van der Waals surface area contributed by atoms with Crippen LogP contribution in [0.1, 0.15) is 47.0 Å². The van der Waals surface area contributed by atoms with Crippen molar-refractivity contribution in [1.82, 2.24) is 5.32 Å². The van der Waals surface area contributed by atoms with Gasteiger partial charge < -0.3 is 21.2 Å². The summed E-state index contributed by atoms with van der Waals surface area (Å²) in [6.45, 7) is 8.59. The Morgan fingerprint density at radius 2 is 1.62 bits per heavy atom.